The number of hydrogen-bond acceptors (Lipinski definition) is 2. The molecule has 1 aromatic heterocycles. The highest BCUT2D eigenvalue weighted by molar-refractivity contribution is 6.30. The van der Waals surface area contributed by atoms with Crippen molar-refractivity contribution in [2.24, 2.45) is 0 Å². The minimum Gasteiger partial charge on any atom is -0.379 e. The van der Waals surface area contributed by atoms with Crippen LogP contribution in [0.15, 0.2) is 48.8 Å². The predicted molar refractivity (Wildman–Crippen MR) is 77.1 cm³/mol. The molecule has 0 fully saturated rings. The monoisotopic (exact) mass is 326 g/mol. The summed E-state index contributed by atoms with van der Waals surface area (Å²) in [6.07, 6.45) is -5.96. The second-order valence-electron chi connectivity index (χ2n) is 4.75. The van der Waals surface area contributed by atoms with E-state index in [0.29, 0.717) is 11.0 Å². The molecule has 0 saturated heterocycles. The lowest BCUT2D eigenvalue weighted by atomic mass is 10.1. The van der Waals surface area contributed by atoms with Gasteiger partial charge in [-0.15, -0.1) is 0 Å². The first-order chi connectivity index (χ1) is 10.4. The standard InChI is InChI=1S/C15H10ClF3N2O/c16-9-5-6-10(14(22)15(17,18)19)13(7-9)21-8-20-11-3-1-2-4-12(11)21/h1-8,14,22H/t14-/m1/s1. The first-order valence-corrected chi connectivity index (χ1v) is 6.72. The molecule has 22 heavy (non-hydrogen) atoms. The van der Waals surface area contributed by atoms with Gasteiger partial charge < -0.3 is 5.11 Å². The van der Waals surface area contributed by atoms with Crippen molar-refractivity contribution in [1.82, 2.24) is 9.55 Å². The molecule has 3 nitrogen and oxygen atoms in total. The molecule has 2 aromatic carbocycles. The molecule has 0 aliphatic heterocycles. The van der Waals surface area contributed by atoms with Gasteiger partial charge in [-0.25, -0.2) is 4.98 Å². The number of nitrogens with zero attached hydrogens (tertiary/aromatic N) is 2. The lowest BCUT2D eigenvalue weighted by Crippen LogP contribution is -2.21. The van der Waals surface area contributed by atoms with Gasteiger partial charge in [0.1, 0.15) is 6.33 Å². The summed E-state index contributed by atoms with van der Waals surface area (Å²) < 4.78 is 40.1. The summed E-state index contributed by atoms with van der Waals surface area (Å²) in [6, 6.07) is 10.9. The number of aliphatic hydroxyl groups is 1. The molecule has 0 amide bonds. The van der Waals surface area contributed by atoms with Crippen molar-refractivity contribution in [2.45, 2.75) is 12.3 Å². The fourth-order valence-electron chi connectivity index (χ4n) is 2.28. The Kier molecular flexibility index (Phi) is 3.58. The van der Waals surface area contributed by atoms with E-state index in [2.05, 4.69) is 4.98 Å². The van der Waals surface area contributed by atoms with E-state index in [1.165, 1.54) is 29.1 Å². The number of alkyl halides is 3. The number of fused-ring (bicyclic) bond motifs is 1. The molecule has 0 radical (unpaired) electrons. The summed E-state index contributed by atoms with van der Waals surface area (Å²) in [5, 5.41) is 9.87. The van der Waals surface area contributed by atoms with Gasteiger partial charge >= 0.3 is 6.18 Å². The molecule has 0 spiro atoms. The van der Waals surface area contributed by atoms with Gasteiger partial charge in [0.05, 0.1) is 16.7 Å². The van der Waals surface area contributed by atoms with Crippen molar-refractivity contribution in [3.05, 3.63) is 59.4 Å². The molecular formula is C15H10ClF3N2O. The van der Waals surface area contributed by atoms with Gasteiger partial charge in [-0.05, 0) is 24.3 Å². The van der Waals surface area contributed by atoms with E-state index < -0.39 is 12.3 Å². The zero-order valence-corrected chi connectivity index (χ0v) is 11.8. The summed E-state index contributed by atoms with van der Waals surface area (Å²) >= 11 is 5.91. The molecule has 3 aromatic rings. The largest absolute Gasteiger partial charge is 0.418 e. The highest BCUT2D eigenvalue weighted by Crippen LogP contribution is 2.37. The zero-order chi connectivity index (χ0) is 15.9. The first-order valence-electron chi connectivity index (χ1n) is 6.34. The third kappa shape index (κ3) is 2.55. The second-order valence-corrected chi connectivity index (χ2v) is 5.19. The normalized spacial score (nSPS) is 13.5. The van der Waals surface area contributed by atoms with Crippen LogP contribution < -0.4 is 0 Å². The highest BCUT2D eigenvalue weighted by atomic mass is 35.5. The third-order valence-electron chi connectivity index (χ3n) is 3.31. The van der Waals surface area contributed by atoms with Crippen LogP contribution in [-0.2, 0) is 0 Å². The molecule has 1 N–H and O–H groups in total. The maximum Gasteiger partial charge on any atom is 0.418 e. The van der Waals surface area contributed by atoms with Crippen molar-refractivity contribution >= 4 is 22.6 Å². The van der Waals surface area contributed by atoms with Gasteiger partial charge in [-0.2, -0.15) is 13.2 Å². The predicted octanol–water partition coefficient (Wildman–Crippen LogP) is 4.27. The van der Waals surface area contributed by atoms with E-state index >= 15 is 0 Å². The summed E-state index contributed by atoms with van der Waals surface area (Å²) in [5.41, 5.74) is 1.13. The Hall–Kier alpha value is -2.05. The minimum atomic E-state index is -4.76. The summed E-state index contributed by atoms with van der Waals surface area (Å²) in [5.74, 6) is 0. The zero-order valence-electron chi connectivity index (χ0n) is 11.0. The number of imidazole rings is 1. The van der Waals surface area contributed by atoms with E-state index in [9.17, 15) is 18.3 Å². The Balaban J connectivity index is 2.24. The Morgan fingerprint density at radius 2 is 1.86 bits per heavy atom. The molecule has 0 bridgehead atoms. The molecule has 0 aliphatic carbocycles. The molecule has 0 unspecified atom stereocenters. The highest BCUT2D eigenvalue weighted by Gasteiger charge is 2.40. The van der Waals surface area contributed by atoms with Gasteiger partial charge in [0, 0.05) is 10.6 Å². The smallest absolute Gasteiger partial charge is 0.379 e. The Labute approximate surface area is 128 Å². The maximum absolute atomic E-state index is 12.9. The van der Waals surface area contributed by atoms with Crippen molar-refractivity contribution < 1.29 is 18.3 Å². The van der Waals surface area contributed by atoms with Crippen LogP contribution in [0.5, 0.6) is 0 Å². The number of benzene rings is 2. The van der Waals surface area contributed by atoms with Crippen LogP contribution in [0.3, 0.4) is 0 Å². The van der Waals surface area contributed by atoms with Crippen LogP contribution in [0.1, 0.15) is 11.7 Å². The van der Waals surface area contributed by atoms with E-state index in [1.54, 1.807) is 24.3 Å². The number of hydrogen-bond donors (Lipinski definition) is 1. The molecule has 1 atom stereocenters. The molecular weight excluding hydrogens is 317 g/mol. The van der Waals surface area contributed by atoms with Gasteiger partial charge in [0.15, 0.2) is 6.10 Å². The molecule has 0 saturated carbocycles. The number of para-hydroxylation sites is 2. The quantitative estimate of drug-likeness (QED) is 0.763. The van der Waals surface area contributed by atoms with Crippen LogP contribution in [0.25, 0.3) is 16.7 Å². The topological polar surface area (TPSA) is 38.0 Å². The van der Waals surface area contributed by atoms with Crippen molar-refractivity contribution in [3.63, 3.8) is 0 Å². The fourth-order valence-corrected chi connectivity index (χ4v) is 2.45. The number of rotatable bonds is 2. The summed E-state index contributed by atoms with van der Waals surface area (Å²) in [4.78, 5) is 4.14. The van der Waals surface area contributed by atoms with Gasteiger partial charge in [-0.3, -0.25) is 4.57 Å². The van der Waals surface area contributed by atoms with Crippen molar-refractivity contribution in [2.75, 3.05) is 0 Å². The van der Waals surface area contributed by atoms with Crippen molar-refractivity contribution in [3.8, 4) is 5.69 Å². The molecule has 0 aliphatic rings. The first kappa shape index (κ1) is 14.9. The van der Waals surface area contributed by atoms with E-state index in [0.717, 1.165) is 0 Å². The van der Waals surface area contributed by atoms with Crippen LogP contribution in [0.4, 0.5) is 13.2 Å². The molecule has 3 rings (SSSR count). The molecule has 1 heterocycles. The van der Waals surface area contributed by atoms with Gasteiger partial charge in [-0.1, -0.05) is 29.8 Å². The average molecular weight is 327 g/mol. The molecule has 7 heteroatoms. The second kappa shape index (κ2) is 5.30. The number of halogens is 4. The Morgan fingerprint density at radius 1 is 1.14 bits per heavy atom. The summed E-state index contributed by atoms with van der Waals surface area (Å²) in [6.45, 7) is 0. The average Bonchev–Trinajstić information content (AvgIpc) is 2.89. The minimum absolute atomic E-state index is 0.144. The van der Waals surface area contributed by atoms with Crippen molar-refractivity contribution in [1.29, 1.82) is 0 Å². The van der Waals surface area contributed by atoms with E-state index in [4.69, 9.17) is 11.6 Å². The van der Waals surface area contributed by atoms with Crippen LogP contribution >= 0.6 is 11.6 Å². The van der Waals surface area contributed by atoms with Crippen LogP contribution in [0.2, 0.25) is 5.02 Å². The number of aromatic nitrogens is 2. The van der Waals surface area contributed by atoms with E-state index in [-0.39, 0.29) is 16.3 Å². The van der Waals surface area contributed by atoms with Crippen LogP contribution in [-0.4, -0.2) is 20.8 Å². The lowest BCUT2D eigenvalue weighted by molar-refractivity contribution is -0.206. The van der Waals surface area contributed by atoms with E-state index in [1.807, 2.05) is 0 Å². The lowest BCUT2D eigenvalue weighted by Gasteiger charge is -2.19. The Morgan fingerprint density at radius 3 is 2.59 bits per heavy atom. The fraction of sp³-hybridized carbons (Fsp3) is 0.133. The van der Waals surface area contributed by atoms with Gasteiger partial charge in [0.2, 0.25) is 0 Å². The molecule has 114 valence electrons. The van der Waals surface area contributed by atoms with Gasteiger partial charge in [0.25, 0.3) is 0 Å². The third-order valence-corrected chi connectivity index (χ3v) is 3.55. The Bertz CT molecular complexity index is 829. The maximum atomic E-state index is 12.9. The number of aliphatic hydroxyl groups excluding tert-OH is 1. The SMILES string of the molecule is O[C@H](c1ccc(Cl)cc1-n1cnc2ccccc21)C(F)(F)F. The summed E-state index contributed by atoms with van der Waals surface area (Å²) in [7, 11) is 0. The van der Waals surface area contributed by atoms with Crippen LogP contribution in [0, 0.1) is 0 Å².